The summed E-state index contributed by atoms with van der Waals surface area (Å²) in [6, 6.07) is -0.995. The quantitative estimate of drug-likeness (QED) is 0.193. The number of nitrogens with zero attached hydrogens (tertiary/aromatic N) is 4. The van der Waals surface area contributed by atoms with Crippen molar-refractivity contribution in [1.82, 2.24) is 19.6 Å². The van der Waals surface area contributed by atoms with Crippen molar-refractivity contribution in [3.8, 4) is 0 Å². The van der Waals surface area contributed by atoms with Gasteiger partial charge in [-0.05, 0) is 0 Å². The molecule has 0 aromatic carbocycles. The zero-order chi connectivity index (χ0) is 22.0. The van der Waals surface area contributed by atoms with E-state index in [1.54, 1.807) is 0 Å². The number of hydrogen-bond donors (Lipinski definition) is 3. The van der Waals surface area contributed by atoms with E-state index in [2.05, 4.69) is 24.7 Å². The maximum Gasteiger partial charge on any atom is 0.352 e. The van der Waals surface area contributed by atoms with Crippen molar-refractivity contribution < 1.29 is 33.9 Å². The first-order valence-electron chi connectivity index (χ1n) is 8.29. The summed E-state index contributed by atoms with van der Waals surface area (Å²) in [6.07, 6.45) is 0. The van der Waals surface area contributed by atoms with E-state index in [9.17, 15) is 24.3 Å². The molecule has 30 heavy (non-hydrogen) atoms. The number of oxime groups is 1. The van der Waals surface area contributed by atoms with Gasteiger partial charge in [-0.25, -0.2) is 4.79 Å². The highest BCUT2D eigenvalue weighted by atomic mass is 32.2. The molecule has 160 valence electrons. The molecule has 3 heterocycles. The summed E-state index contributed by atoms with van der Waals surface area (Å²) >= 11 is 2.09. The molecule has 4 N–H and O–H groups in total. The van der Waals surface area contributed by atoms with Crippen molar-refractivity contribution >= 4 is 57.9 Å². The van der Waals surface area contributed by atoms with Crippen LogP contribution >= 0.6 is 23.3 Å². The standard InChI is InChI=1S/C15H16N6O7S2/c1-5(22)28-3-6-4-29-13-8(12(24)21(13)9(6)14(25)26)17-11(23)7(19-27-2)10-18-15(16)30-20-10/h8,13H,3-4H2,1-2H3,(H,17,23)(H,25,26)(H2,16,18,20)/t8?,13-/m1/s1. The number of esters is 1. The lowest BCUT2D eigenvalue weighted by molar-refractivity contribution is -0.150. The largest absolute Gasteiger partial charge is 0.477 e. The van der Waals surface area contributed by atoms with Gasteiger partial charge in [0.15, 0.2) is 5.13 Å². The number of nitrogens with one attached hydrogen (secondary N) is 1. The molecule has 1 fully saturated rings. The van der Waals surface area contributed by atoms with Crippen molar-refractivity contribution in [2.24, 2.45) is 5.16 Å². The zero-order valence-electron chi connectivity index (χ0n) is 15.6. The van der Waals surface area contributed by atoms with Gasteiger partial charge in [-0.3, -0.25) is 19.3 Å². The van der Waals surface area contributed by atoms with Crippen molar-refractivity contribution in [3.05, 3.63) is 17.1 Å². The monoisotopic (exact) mass is 456 g/mol. The number of ether oxygens (including phenoxy) is 1. The number of nitrogen functional groups attached to an aromatic ring is 1. The van der Waals surface area contributed by atoms with Crippen LogP contribution in [-0.4, -0.2) is 79.7 Å². The number of aromatic nitrogens is 2. The number of β-lactam (4-membered cyclic amide) rings is 1. The number of carboxylic acid groups (broad SMARTS) is 1. The Morgan fingerprint density at radius 1 is 1.43 bits per heavy atom. The Balaban J connectivity index is 1.77. The average molecular weight is 456 g/mol. The number of carbonyl (C=O) groups excluding carboxylic acids is 3. The lowest BCUT2D eigenvalue weighted by Gasteiger charge is -2.49. The Hall–Kier alpha value is -3.20. The van der Waals surface area contributed by atoms with Gasteiger partial charge in [-0.2, -0.15) is 9.36 Å². The third kappa shape index (κ3) is 4.06. The molecule has 0 saturated carbocycles. The Bertz CT molecular complexity index is 974. The van der Waals surface area contributed by atoms with Gasteiger partial charge in [0.25, 0.3) is 11.8 Å². The number of carbonyl (C=O) groups is 4. The van der Waals surface area contributed by atoms with Gasteiger partial charge >= 0.3 is 11.9 Å². The van der Waals surface area contributed by atoms with Crippen LogP contribution in [0.4, 0.5) is 5.13 Å². The molecule has 1 unspecified atom stereocenters. The third-order valence-electron chi connectivity index (χ3n) is 4.04. The topological polar surface area (TPSA) is 186 Å². The van der Waals surface area contributed by atoms with Crippen molar-refractivity contribution in [1.29, 1.82) is 0 Å². The number of carboxylic acids is 1. The molecule has 1 aromatic heterocycles. The third-order valence-corrected chi connectivity index (χ3v) is 5.92. The maximum absolute atomic E-state index is 12.6. The molecule has 2 atom stereocenters. The van der Waals surface area contributed by atoms with E-state index in [0.29, 0.717) is 5.57 Å². The molecule has 0 aliphatic carbocycles. The summed E-state index contributed by atoms with van der Waals surface area (Å²) in [5.74, 6) is -3.16. The number of nitrogens with two attached hydrogens (primary N) is 1. The fourth-order valence-corrected chi connectivity index (χ4v) is 4.56. The molecule has 0 bridgehead atoms. The first-order chi connectivity index (χ1) is 14.2. The van der Waals surface area contributed by atoms with Crippen molar-refractivity contribution in [3.63, 3.8) is 0 Å². The summed E-state index contributed by atoms with van der Waals surface area (Å²) in [4.78, 5) is 57.6. The lowest BCUT2D eigenvalue weighted by atomic mass is 10.0. The second kappa shape index (κ2) is 8.66. The average Bonchev–Trinajstić information content (AvgIpc) is 3.13. The summed E-state index contributed by atoms with van der Waals surface area (Å²) in [5, 5.41) is 15.1. The second-order valence-corrected chi connectivity index (χ2v) is 7.87. The van der Waals surface area contributed by atoms with Crippen LogP contribution in [0.25, 0.3) is 0 Å². The molecule has 15 heteroatoms. The molecule has 0 radical (unpaired) electrons. The summed E-state index contributed by atoms with van der Waals surface area (Å²) < 4.78 is 8.77. The van der Waals surface area contributed by atoms with Crippen LogP contribution in [0.2, 0.25) is 0 Å². The normalized spacial score (nSPS) is 20.9. The first kappa shape index (κ1) is 21.5. The SMILES string of the molecule is CON=C(C(=O)NC1C(=O)N2C(C(=O)O)=C(COC(C)=O)CS[C@H]12)c1nsc(N)n1. The highest BCUT2D eigenvalue weighted by molar-refractivity contribution is 8.00. The molecule has 13 nitrogen and oxygen atoms in total. The minimum absolute atomic E-state index is 0.0634. The molecular weight excluding hydrogens is 440 g/mol. The predicted octanol–water partition coefficient (Wildman–Crippen LogP) is -1.23. The van der Waals surface area contributed by atoms with Gasteiger partial charge < -0.3 is 25.7 Å². The number of amides is 2. The molecular formula is C15H16N6O7S2. The van der Waals surface area contributed by atoms with Gasteiger partial charge in [0, 0.05) is 29.8 Å². The van der Waals surface area contributed by atoms with Gasteiger partial charge in [0.1, 0.15) is 30.8 Å². The Morgan fingerprint density at radius 2 is 2.17 bits per heavy atom. The molecule has 3 rings (SSSR count). The van der Waals surface area contributed by atoms with Crippen LogP contribution in [0.5, 0.6) is 0 Å². The first-order valence-corrected chi connectivity index (χ1v) is 10.1. The van der Waals surface area contributed by atoms with Crippen molar-refractivity contribution in [2.75, 3.05) is 25.2 Å². The predicted molar refractivity (Wildman–Crippen MR) is 104 cm³/mol. The van der Waals surface area contributed by atoms with Gasteiger partial charge in [-0.15, -0.1) is 11.8 Å². The summed E-state index contributed by atoms with van der Waals surface area (Å²) in [7, 11) is 1.23. The molecule has 0 spiro atoms. The van der Waals surface area contributed by atoms with Gasteiger partial charge in [0.05, 0.1) is 0 Å². The molecule has 2 aliphatic rings. The zero-order valence-corrected chi connectivity index (χ0v) is 17.3. The van der Waals surface area contributed by atoms with Crippen LogP contribution in [0.3, 0.4) is 0 Å². The molecule has 2 amide bonds. The van der Waals surface area contributed by atoms with E-state index in [1.165, 1.54) is 25.8 Å². The number of rotatable bonds is 7. The fraction of sp³-hybridized carbons (Fsp3) is 0.400. The van der Waals surface area contributed by atoms with Gasteiger partial charge in [-0.1, -0.05) is 5.16 Å². The minimum atomic E-state index is -1.33. The summed E-state index contributed by atoms with van der Waals surface area (Å²) in [6.45, 7) is 0.961. The van der Waals surface area contributed by atoms with E-state index in [-0.39, 0.29) is 34.7 Å². The highest BCUT2D eigenvalue weighted by Crippen LogP contribution is 2.40. The Labute approximate surface area is 177 Å². The van der Waals surface area contributed by atoms with Crippen molar-refractivity contribution in [2.45, 2.75) is 18.3 Å². The fourth-order valence-electron chi connectivity index (χ4n) is 2.80. The summed E-state index contributed by atoms with van der Waals surface area (Å²) in [5.41, 5.74) is 5.28. The number of anilines is 1. The van der Waals surface area contributed by atoms with Crippen LogP contribution in [0.15, 0.2) is 16.4 Å². The molecule has 1 saturated heterocycles. The van der Waals surface area contributed by atoms with E-state index in [0.717, 1.165) is 16.4 Å². The lowest BCUT2D eigenvalue weighted by Crippen LogP contribution is -2.71. The number of aliphatic carboxylic acids is 1. The van der Waals surface area contributed by atoms with Crippen LogP contribution < -0.4 is 11.1 Å². The Kier molecular flexibility index (Phi) is 6.21. The number of thioether (sulfide) groups is 1. The van der Waals surface area contributed by atoms with Crippen LogP contribution in [0.1, 0.15) is 12.7 Å². The Morgan fingerprint density at radius 3 is 2.73 bits per heavy atom. The van der Waals surface area contributed by atoms with E-state index in [1.807, 2.05) is 0 Å². The van der Waals surface area contributed by atoms with Crippen LogP contribution in [-0.2, 0) is 28.8 Å². The number of hydrogen-bond acceptors (Lipinski definition) is 12. The highest BCUT2D eigenvalue weighted by Gasteiger charge is 2.54. The van der Waals surface area contributed by atoms with Gasteiger partial charge in [0.2, 0.25) is 11.5 Å². The number of fused-ring (bicyclic) bond motifs is 1. The maximum atomic E-state index is 12.6. The smallest absolute Gasteiger partial charge is 0.352 e. The second-order valence-electron chi connectivity index (χ2n) is 5.98. The van der Waals surface area contributed by atoms with E-state index >= 15 is 0 Å². The van der Waals surface area contributed by atoms with E-state index in [4.69, 9.17) is 10.5 Å². The molecule has 1 aromatic rings. The minimum Gasteiger partial charge on any atom is -0.477 e. The molecule has 2 aliphatic heterocycles. The van der Waals surface area contributed by atoms with E-state index < -0.39 is 35.2 Å². The van der Waals surface area contributed by atoms with Crippen LogP contribution in [0, 0.1) is 0 Å².